The molecule has 0 aromatic heterocycles. The van der Waals surface area contributed by atoms with Crippen molar-refractivity contribution in [1.29, 1.82) is 0 Å². The van der Waals surface area contributed by atoms with Crippen LogP contribution in [0.5, 0.6) is 0 Å². The number of piperazine rings is 1. The van der Waals surface area contributed by atoms with Crippen molar-refractivity contribution < 1.29 is 4.79 Å². The summed E-state index contributed by atoms with van der Waals surface area (Å²) in [5.74, 6) is 0.195. The van der Waals surface area contributed by atoms with Crippen molar-refractivity contribution in [3.05, 3.63) is 65.2 Å². The highest BCUT2D eigenvalue weighted by Gasteiger charge is 2.37. The van der Waals surface area contributed by atoms with Crippen molar-refractivity contribution in [3.8, 4) is 0 Å². The molecule has 2 atom stereocenters. The van der Waals surface area contributed by atoms with Gasteiger partial charge in [0, 0.05) is 38.4 Å². The molecule has 5 heteroatoms. The highest BCUT2D eigenvalue weighted by Crippen LogP contribution is 2.28. The van der Waals surface area contributed by atoms with E-state index in [-0.39, 0.29) is 17.9 Å². The van der Waals surface area contributed by atoms with Crippen molar-refractivity contribution >= 4 is 11.6 Å². The summed E-state index contributed by atoms with van der Waals surface area (Å²) in [5.41, 5.74) is 11.5. The fourth-order valence-electron chi connectivity index (χ4n) is 4.14. The molecule has 0 spiro atoms. The lowest BCUT2D eigenvalue weighted by Crippen LogP contribution is -2.51. The average Bonchev–Trinajstić information content (AvgIpc) is 3.18. The predicted molar refractivity (Wildman–Crippen MR) is 109 cm³/mol. The Morgan fingerprint density at radius 1 is 0.963 bits per heavy atom. The number of benzene rings is 2. The van der Waals surface area contributed by atoms with Crippen molar-refractivity contribution in [3.63, 3.8) is 0 Å². The maximum Gasteiger partial charge on any atom is 0.229 e. The van der Waals surface area contributed by atoms with Gasteiger partial charge in [-0.05, 0) is 31.0 Å². The Morgan fingerprint density at radius 2 is 1.67 bits per heavy atom. The molecule has 2 fully saturated rings. The lowest BCUT2D eigenvalue weighted by Gasteiger charge is -2.38. The molecule has 2 heterocycles. The van der Waals surface area contributed by atoms with Crippen LogP contribution in [-0.4, -0.2) is 43.5 Å². The van der Waals surface area contributed by atoms with E-state index in [1.807, 2.05) is 4.90 Å². The molecule has 0 aliphatic carbocycles. The Balaban J connectivity index is 1.41. The molecule has 1 amide bonds. The van der Waals surface area contributed by atoms with E-state index in [2.05, 4.69) is 78.1 Å². The normalized spacial score (nSPS) is 22.9. The van der Waals surface area contributed by atoms with Crippen LogP contribution in [0.4, 0.5) is 5.69 Å². The van der Waals surface area contributed by atoms with Crippen LogP contribution >= 0.6 is 0 Å². The van der Waals surface area contributed by atoms with Gasteiger partial charge in [0.15, 0.2) is 0 Å². The lowest BCUT2D eigenvalue weighted by atomic mass is 9.93. The van der Waals surface area contributed by atoms with Gasteiger partial charge in [0.2, 0.25) is 5.91 Å². The Morgan fingerprint density at radius 3 is 2.37 bits per heavy atom. The number of para-hydroxylation sites is 1. The molecule has 0 saturated carbocycles. The van der Waals surface area contributed by atoms with Gasteiger partial charge in [0.05, 0.1) is 12.0 Å². The second-order valence-electron chi connectivity index (χ2n) is 7.62. The predicted octanol–water partition coefficient (Wildman–Crippen LogP) is 2.42. The van der Waals surface area contributed by atoms with Crippen LogP contribution in [0, 0.1) is 19.8 Å². The zero-order valence-corrected chi connectivity index (χ0v) is 16.1. The molecule has 0 radical (unpaired) electrons. The molecular formula is C22H28N4O. The summed E-state index contributed by atoms with van der Waals surface area (Å²) in [6.07, 6.45) is 0. The molecule has 5 nitrogen and oxygen atoms in total. The second-order valence-corrected chi connectivity index (χ2v) is 7.62. The third-order valence-corrected chi connectivity index (χ3v) is 5.78. The molecule has 0 bridgehead atoms. The van der Waals surface area contributed by atoms with E-state index in [4.69, 9.17) is 0 Å². The molecule has 2 saturated heterocycles. The third kappa shape index (κ3) is 3.70. The first kappa shape index (κ1) is 18.0. The van der Waals surface area contributed by atoms with Gasteiger partial charge >= 0.3 is 0 Å². The summed E-state index contributed by atoms with van der Waals surface area (Å²) >= 11 is 0. The molecule has 4 rings (SSSR count). The number of anilines is 1. The first-order valence-corrected chi connectivity index (χ1v) is 9.78. The summed E-state index contributed by atoms with van der Waals surface area (Å²) in [7, 11) is 0. The fourth-order valence-corrected chi connectivity index (χ4v) is 4.14. The molecule has 2 aliphatic rings. The van der Waals surface area contributed by atoms with Crippen LogP contribution in [-0.2, 0) is 4.79 Å². The van der Waals surface area contributed by atoms with Crippen LogP contribution in [0.25, 0.3) is 0 Å². The Kier molecular flexibility index (Phi) is 5.14. The van der Waals surface area contributed by atoms with E-state index in [9.17, 15) is 4.79 Å². The standard InChI is InChI=1S/C22H28N4O/c1-16-7-9-18(10-8-16)21-19(15-23-24-21)22(27)26-13-11-25(12-14-26)20-6-4-3-5-17(20)2/h3-10,19,21,23-24H,11-15H2,1-2H3. The number of hydrogen-bond donors (Lipinski definition) is 2. The van der Waals surface area contributed by atoms with Crippen molar-refractivity contribution in [1.82, 2.24) is 15.8 Å². The fraction of sp³-hybridized carbons (Fsp3) is 0.409. The van der Waals surface area contributed by atoms with Gasteiger partial charge in [-0.3, -0.25) is 10.2 Å². The summed E-state index contributed by atoms with van der Waals surface area (Å²) in [6.45, 7) is 8.25. The Bertz CT molecular complexity index is 796. The van der Waals surface area contributed by atoms with Gasteiger partial charge in [-0.15, -0.1) is 0 Å². The maximum atomic E-state index is 13.2. The van der Waals surface area contributed by atoms with Crippen LogP contribution in [0.15, 0.2) is 48.5 Å². The minimum Gasteiger partial charge on any atom is -0.368 e. The number of rotatable bonds is 3. The largest absolute Gasteiger partial charge is 0.368 e. The van der Waals surface area contributed by atoms with Crippen molar-refractivity contribution in [2.24, 2.45) is 5.92 Å². The monoisotopic (exact) mass is 364 g/mol. The average molecular weight is 364 g/mol. The van der Waals surface area contributed by atoms with Crippen LogP contribution < -0.4 is 15.8 Å². The minimum atomic E-state index is -0.0577. The zero-order valence-electron chi connectivity index (χ0n) is 16.1. The maximum absolute atomic E-state index is 13.2. The van der Waals surface area contributed by atoms with Gasteiger partial charge in [-0.2, -0.15) is 0 Å². The molecule has 27 heavy (non-hydrogen) atoms. The number of aryl methyl sites for hydroxylation is 2. The number of hydrogen-bond acceptors (Lipinski definition) is 4. The summed E-state index contributed by atoms with van der Waals surface area (Å²) in [4.78, 5) is 17.6. The van der Waals surface area contributed by atoms with E-state index < -0.39 is 0 Å². The van der Waals surface area contributed by atoms with Crippen LogP contribution in [0.2, 0.25) is 0 Å². The van der Waals surface area contributed by atoms with E-state index in [1.165, 1.54) is 22.4 Å². The topological polar surface area (TPSA) is 47.6 Å². The van der Waals surface area contributed by atoms with Gasteiger partial charge in [-0.25, -0.2) is 5.43 Å². The van der Waals surface area contributed by atoms with Crippen molar-refractivity contribution in [2.75, 3.05) is 37.6 Å². The summed E-state index contributed by atoms with van der Waals surface area (Å²) < 4.78 is 0. The smallest absolute Gasteiger partial charge is 0.229 e. The van der Waals surface area contributed by atoms with E-state index >= 15 is 0 Å². The molecule has 2 aliphatic heterocycles. The molecule has 2 N–H and O–H groups in total. The number of carbonyl (C=O) groups excluding carboxylic acids is 1. The summed E-state index contributed by atoms with van der Waals surface area (Å²) in [6, 6.07) is 17.0. The number of amides is 1. The van der Waals surface area contributed by atoms with E-state index in [0.29, 0.717) is 6.54 Å². The van der Waals surface area contributed by atoms with Crippen LogP contribution in [0.1, 0.15) is 22.7 Å². The molecular weight excluding hydrogens is 336 g/mol. The van der Waals surface area contributed by atoms with Gasteiger partial charge in [0.1, 0.15) is 0 Å². The number of hydrazine groups is 1. The number of carbonyl (C=O) groups is 1. The molecule has 2 aromatic carbocycles. The summed E-state index contributed by atoms with van der Waals surface area (Å²) in [5, 5.41) is 0. The lowest BCUT2D eigenvalue weighted by molar-refractivity contribution is -0.135. The SMILES string of the molecule is Cc1ccc(C2NNCC2C(=O)N2CCN(c3ccccc3C)CC2)cc1. The first-order chi connectivity index (χ1) is 13.1. The molecule has 142 valence electrons. The second kappa shape index (κ2) is 7.71. The highest BCUT2D eigenvalue weighted by molar-refractivity contribution is 5.81. The minimum absolute atomic E-state index is 0.0347. The van der Waals surface area contributed by atoms with Crippen LogP contribution in [0.3, 0.4) is 0 Å². The zero-order chi connectivity index (χ0) is 18.8. The molecule has 2 aromatic rings. The number of nitrogens with zero attached hydrogens (tertiary/aromatic N) is 2. The van der Waals surface area contributed by atoms with Crippen molar-refractivity contribution in [2.45, 2.75) is 19.9 Å². The van der Waals surface area contributed by atoms with Gasteiger partial charge < -0.3 is 9.80 Å². The quantitative estimate of drug-likeness (QED) is 0.878. The van der Waals surface area contributed by atoms with E-state index in [1.54, 1.807) is 0 Å². The number of nitrogens with one attached hydrogen (secondary N) is 2. The van der Waals surface area contributed by atoms with Gasteiger partial charge in [-0.1, -0.05) is 48.0 Å². The first-order valence-electron chi connectivity index (χ1n) is 9.78. The van der Waals surface area contributed by atoms with Gasteiger partial charge in [0.25, 0.3) is 0 Å². The van der Waals surface area contributed by atoms with E-state index in [0.717, 1.165) is 26.2 Å². The highest BCUT2D eigenvalue weighted by atomic mass is 16.2. The Hall–Kier alpha value is -2.37. The Labute approximate surface area is 161 Å². The molecule has 2 unspecified atom stereocenters. The third-order valence-electron chi connectivity index (χ3n) is 5.78.